The molecule has 0 amide bonds. The van der Waals surface area contributed by atoms with E-state index in [9.17, 15) is 0 Å². The first kappa shape index (κ1) is 12.9. The maximum atomic E-state index is 5.93. The van der Waals surface area contributed by atoms with Crippen LogP contribution in [-0.2, 0) is 13.0 Å². The van der Waals surface area contributed by atoms with Crippen LogP contribution in [-0.4, -0.2) is 29.7 Å². The minimum atomic E-state index is 0.219. The van der Waals surface area contributed by atoms with Gasteiger partial charge in [0.15, 0.2) is 0 Å². The third-order valence-electron chi connectivity index (χ3n) is 3.71. The summed E-state index contributed by atoms with van der Waals surface area (Å²) < 4.78 is 5.17. The number of nitrogens with zero attached hydrogens (tertiary/aromatic N) is 3. The first-order valence-corrected chi connectivity index (χ1v) is 6.72. The van der Waals surface area contributed by atoms with Gasteiger partial charge < -0.3 is 15.4 Å². The molecule has 5 heteroatoms. The second-order valence-corrected chi connectivity index (χ2v) is 4.89. The molecule has 0 aliphatic carbocycles. The molecule has 0 bridgehead atoms. The van der Waals surface area contributed by atoms with E-state index in [1.54, 1.807) is 19.4 Å². The van der Waals surface area contributed by atoms with Gasteiger partial charge in [0.1, 0.15) is 0 Å². The zero-order valence-electron chi connectivity index (χ0n) is 11.5. The maximum absolute atomic E-state index is 5.93. The van der Waals surface area contributed by atoms with Crippen LogP contribution in [0.25, 0.3) is 0 Å². The van der Waals surface area contributed by atoms with Gasteiger partial charge in [-0.1, -0.05) is 24.3 Å². The predicted molar refractivity (Wildman–Crippen MR) is 77.8 cm³/mol. The Labute approximate surface area is 118 Å². The van der Waals surface area contributed by atoms with Crippen LogP contribution in [0.4, 0.5) is 5.95 Å². The van der Waals surface area contributed by atoms with Gasteiger partial charge in [0, 0.05) is 31.4 Å². The monoisotopic (exact) mass is 270 g/mol. The van der Waals surface area contributed by atoms with Crippen LogP contribution in [0, 0.1) is 0 Å². The van der Waals surface area contributed by atoms with E-state index in [4.69, 9.17) is 10.5 Å². The van der Waals surface area contributed by atoms with Crippen LogP contribution in [0.5, 0.6) is 5.88 Å². The minimum Gasteiger partial charge on any atom is -0.481 e. The second-order valence-electron chi connectivity index (χ2n) is 4.89. The molecule has 3 rings (SSSR count). The third kappa shape index (κ3) is 2.32. The first-order chi connectivity index (χ1) is 9.81. The minimum absolute atomic E-state index is 0.219. The van der Waals surface area contributed by atoms with E-state index < -0.39 is 0 Å². The summed E-state index contributed by atoms with van der Waals surface area (Å²) in [5.74, 6) is 1.25. The number of ether oxygens (including phenoxy) is 1. The quantitative estimate of drug-likeness (QED) is 0.912. The predicted octanol–water partition coefficient (Wildman–Crippen LogP) is 1.38. The summed E-state index contributed by atoms with van der Waals surface area (Å²) in [5, 5.41) is 0. The lowest BCUT2D eigenvalue weighted by atomic mass is 9.94. The number of benzene rings is 1. The van der Waals surface area contributed by atoms with Gasteiger partial charge in [-0.3, -0.25) is 0 Å². The van der Waals surface area contributed by atoms with Crippen LogP contribution < -0.4 is 15.4 Å². The number of hydrogen-bond donors (Lipinski definition) is 1. The molecule has 0 fully saturated rings. The third-order valence-corrected chi connectivity index (χ3v) is 3.71. The van der Waals surface area contributed by atoms with Crippen molar-refractivity contribution in [3.05, 3.63) is 47.7 Å². The smallest absolute Gasteiger partial charge is 0.229 e. The Balaban J connectivity index is 1.95. The van der Waals surface area contributed by atoms with Crippen molar-refractivity contribution in [1.82, 2.24) is 9.97 Å². The molecule has 0 saturated carbocycles. The van der Waals surface area contributed by atoms with Crippen molar-refractivity contribution in [2.45, 2.75) is 19.0 Å². The lowest BCUT2D eigenvalue weighted by molar-refractivity contribution is 0.395. The molecule has 20 heavy (non-hydrogen) atoms. The van der Waals surface area contributed by atoms with Crippen molar-refractivity contribution < 1.29 is 4.74 Å². The van der Waals surface area contributed by atoms with Gasteiger partial charge in [-0.2, -0.15) is 4.98 Å². The Morgan fingerprint density at radius 3 is 2.85 bits per heavy atom. The largest absolute Gasteiger partial charge is 0.481 e. The molecule has 2 heterocycles. The Bertz CT molecular complexity index is 602. The molecule has 1 aliphatic heterocycles. The molecule has 1 atom stereocenters. The van der Waals surface area contributed by atoms with Crippen LogP contribution in [0.15, 0.2) is 36.5 Å². The maximum Gasteiger partial charge on any atom is 0.229 e. The molecule has 2 aromatic rings. The van der Waals surface area contributed by atoms with Crippen LogP contribution in [0.1, 0.15) is 11.1 Å². The Morgan fingerprint density at radius 1 is 1.30 bits per heavy atom. The van der Waals surface area contributed by atoms with Crippen molar-refractivity contribution in [3.8, 4) is 5.88 Å². The second kappa shape index (κ2) is 5.46. The van der Waals surface area contributed by atoms with E-state index >= 15 is 0 Å². The number of hydrogen-bond acceptors (Lipinski definition) is 5. The van der Waals surface area contributed by atoms with Crippen LogP contribution >= 0.6 is 0 Å². The summed E-state index contributed by atoms with van der Waals surface area (Å²) in [6.07, 6.45) is 2.64. The molecule has 104 valence electrons. The molecule has 0 saturated heterocycles. The fourth-order valence-corrected chi connectivity index (χ4v) is 2.62. The van der Waals surface area contributed by atoms with E-state index in [0.717, 1.165) is 13.0 Å². The highest BCUT2D eigenvalue weighted by Gasteiger charge is 2.26. The molecule has 1 aromatic carbocycles. The van der Waals surface area contributed by atoms with Gasteiger partial charge in [-0.05, 0) is 17.5 Å². The first-order valence-electron chi connectivity index (χ1n) is 6.72. The zero-order chi connectivity index (χ0) is 13.9. The standard InChI is InChI=1S/C15H18N4O/c1-20-14-6-7-17-15(18-14)19-10-12-5-3-2-4-11(12)8-13(19)9-16/h2-7,13H,8-10,16H2,1H3. The molecular formula is C15H18N4O. The average molecular weight is 270 g/mol. The molecule has 0 radical (unpaired) electrons. The molecule has 1 unspecified atom stereocenters. The van der Waals surface area contributed by atoms with Crippen molar-refractivity contribution in [3.63, 3.8) is 0 Å². The molecule has 2 N–H and O–H groups in total. The van der Waals surface area contributed by atoms with E-state index in [1.807, 2.05) is 0 Å². The van der Waals surface area contributed by atoms with Gasteiger partial charge >= 0.3 is 0 Å². The summed E-state index contributed by atoms with van der Waals surface area (Å²) in [6, 6.07) is 10.4. The summed E-state index contributed by atoms with van der Waals surface area (Å²) in [5.41, 5.74) is 8.60. The van der Waals surface area contributed by atoms with Crippen molar-refractivity contribution in [2.75, 3.05) is 18.6 Å². The molecule has 0 spiro atoms. The molecular weight excluding hydrogens is 252 g/mol. The number of aromatic nitrogens is 2. The Hall–Kier alpha value is -2.14. The van der Waals surface area contributed by atoms with Crippen molar-refractivity contribution in [2.24, 2.45) is 5.73 Å². The van der Waals surface area contributed by atoms with Crippen LogP contribution in [0.3, 0.4) is 0 Å². The topological polar surface area (TPSA) is 64.3 Å². The van der Waals surface area contributed by atoms with Gasteiger partial charge in [-0.25, -0.2) is 4.98 Å². The van der Waals surface area contributed by atoms with Gasteiger partial charge in [0.25, 0.3) is 0 Å². The highest BCUT2D eigenvalue weighted by Crippen LogP contribution is 2.26. The number of anilines is 1. The van der Waals surface area contributed by atoms with Crippen molar-refractivity contribution >= 4 is 5.95 Å². The van der Waals surface area contributed by atoms with E-state index in [-0.39, 0.29) is 6.04 Å². The molecule has 1 aromatic heterocycles. The van der Waals surface area contributed by atoms with Gasteiger partial charge in [-0.15, -0.1) is 0 Å². The van der Waals surface area contributed by atoms with E-state index in [2.05, 4.69) is 39.1 Å². The summed E-state index contributed by atoms with van der Waals surface area (Å²) >= 11 is 0. The Kier molecular flexibility index (Phi) is 3.52. The summed E-state index contributed by atoms with van der Waals surface area (Å²) in [6.45, 7) is 1.36. The van der Waals surface area contributed by atoms with Gasteiger partial charge in [0.2, 0.25) is 11.8 Å². The number of nitrogens with two attached hydrogens (primary N) is 1. The number of methoxy groups -OCH3 is 1. The lowest BCUT2D eigenvalue weighted by Crippen LogP contribution is -2.45. The van der Waals surface area contributed by atoms with Gasteiger partial charge in [0.05, 0.1) is 7.11 Å². The lowest BCUT2D eigenvalue weighted by Gasteiger charge is -2.36. The molecule has 5 nitrogen and oxygen atoms in total. The fraction of sp³-hybridized carbons (Fsp3) is 0.333. The zero-order valence-corrected chi connectivity index (χ0v) is 11.5. The average Bonchev–Trinajstić information content (AvgIpc) is 2.53. The molecule has 1 aliphatic rings. The normalized spacial score (nSPS) is 17.7. The Morgan fingerprint density at radius 2 is 2.10 bits per heavy atom. The number of rotatable bonds is 3. The fourth-order valence-electron chi connectivity index (χ4n) is 2.62. The summed E-state index contributed by atoms with van der Waals surface area (Å²) in [4.78, 5) is 10.9. The van der Waals surface area contributed by atoms with E-state index in [0.29, 0.717) is 18.4 Å². The van der Waals surface area contributed by atoms with Crippen molar-refractivity contribution in [1.29, 1.82) is 0 Å². The highest BCUT2D eigenvalue weighted by molar-refractivity contribution is 5.42. The SMILES string of the molecule is COc1ccnc(N2Cc3ccccc3CC2CN)n1. The summed E-state index contributed by atoms with van der Waals surface area (Å²) in [7, 11) is 1.61. The highest BCUT2D eigenvalue weighted by atomic mass is 16.5. The number of fused-ring (bicyclic) bond motifs is 1. The van der Waals surface area contributed by atoms with Crippen LogP contribution in [0.2, 0.25) is 0 Å². The van der Waals surface area contributed by atoms with E-state index in [1.165, 1.54) is 11.1 Å².